The summed E-state index contributed by atoms with van der Waals surface area (Å²) < 4.78 is 4.88. The summed E-state index contributed by atoms with van der Waals surface area (Å²) in [4.78, 5) is 27.0. The number of thioether (sulfide) groups is 1. The first kappa shape index (κ1) is 19.0. The molecular weight excluding hydrogens is 364 g/mol. The molecule has 0 fully saturated rings. The number of fused-ring (bicyclic) bond motifs is 1. The third-order valence-electron chi connectivity index (χ3n) is 4.07. The van der Waals surface area contributed by atoms with Crippen LogP contribution in [0.15, 0.2) is 35.0 Å². The summed E-state index contributed by atoms with van der Waals surface area (Å²) in [5, 5.41) is 10.4. The zero-order chi connectivity index (χ0) is 19.2. The molecule has 1 aromatic carbocycles. The summed E-state index contributed by atoms with van der Waals surface area (Å²) in [5.74, 6) is 1.13. The van der Waals surface area contributed by atoms with E-state index in [1.54, 1.807) is 13.0 Å². The van der Waals surface area contributed by atoms with Crippen LogP contribution in [-0.2, 0) is 16.0 Å². The van der Waals surface area contributed by atoms with Gasteiger partial charge in [0.25, 0.3) is 0 Å². The van der Waals surface area contributed by atoms with Crippen molar-refractivity contribution in [3.63, 3.8) is 0 Å². The van der Waals surface area contributed by atoms with Crippen molar-refractivity contribution in [2.24, 2.45) is 0 Å². The summed E-state index contributed by atoms with van der Waals surface area (Å²) in [6.45, 7) is 4.39. The van der Waals surface area contributed by atoms with Crippen LogP contribution < -0.4 is 10.6 Å². The third-order valence-corrected chi connectivity index (χ3v) is 5.01. The standard InChI is InChI=1S/C19H22N4O3S/c1-12-4-3-5-15-19(12)14(9-21-15)6-7-20-17(24)10-27-11-18(25)22-16-8-13(2)26-23-16/h3-5,8-9,21H,6-7,10-11H2,1-2H3,(H,20,24)(H,22,23,25). The van der Waals surface area contributed by atoms with Crippen LogP contribution >= 0.6 is 11.8 Å². The van der Waals surface area contributed by atoms with Gasteiger partial charge in [0.05, 0.1) is 11.5 Å². The van der Waals surface area contributed by atoms with Crippen LogP contribution in [0.25, 0.3) is 10.9 Å². The molecule has 3 aromatic rings. The average Bonchev–Trinajstić information content (AvgIpc) is 3.22. The van der Waals surface area contributed by atoms with Crippen molar-refractivity contribution >= 4 is 40.3 Å². The SMILES string of the molecule is Cc1cc(NC(=O)CSCC(=O)NCCc2c[nH]c3cccc(C)c23)no1. The molecule has 0 spiro atoms. The highest BCUT2D eigenvalue weighted by Crippen LogP contribution is 2.22. The minimum absolute atomic E-state index is 0.0818. The quantitative estimate of drug-likeness (QED) is 0.553. The molecule has 0 aliphatic carbocycles. The Morgan fingerprint density at radius 3 is 2.81 bits per heavy atom. The number of hydrogen-bond acceptors (Lipinski definition) is 5. The minimum Gasteiger partial charge on any atom is -0.361 e. The highest BCUT2D eigenvalue weighted by Gasteiger charge is 2.09. The second-order valence-electron chi connectivity index (χ2n) is 6.28. The Kier molecular flexibility index (Phi) is 6.18. The van der Waals surface area contributed by atoms with Crippen LogP contribution in [0.2, 0.25) is 0 Å². The second-order valence-corrected chi connectivity index (χ2v) is 7.26. The summed E-state index contributed by atoms with van der Waals surface area (Å²) in [6.07, 6.45) is 2.75. The van der Waals surface area contributed by atoms with Gasteiger partial charge in [-0.3, -0.25) is 9.59 Å². The van der Waals surface area contributed by atoms with Crippen LogP contribution in [0.3, 0.4) is 0 Å². The largest absolute Gasteiger partial charge is 0.361 e. The van der Waals surface area contributed by atoms with Gasteiger partial charge in [0.1, 0.15) is 5.76 Å². The van der Waals surface area contributed by atoms with E-state index in [2.05, 4.69) is 33.8 Å². The molecule has 2 heterocycles. The lowest BCUT2D eigenvalue weighted by Gasteiger charge is -2.06. The molecule has 0 radical (unpaired) electrons. The maximum Gasteiger partial charge on any atom is 0.235 e. The number of anilines is 1. The summed E-state index contributed by atoms with van der Waals surface area (Å²) >= 11 is 1.26. The van der Waals surface area contributed by atoms with Gasteiger partial charge in [-0.2, -0.15) is 0 Å². The van der Waals surface area contributed by atoms with Gasteiger partial charge < -0.3 is 20.1 Å². The first-order chi connectivity index (χ1) is 13.0. The van der Waals surface area contributed by atoms with Crippen molar-refractivity contribution in [2.45, 2.75) is 20.3 Å². The average molecular weight is 386 g/mol. The van der Waals surface area contributed by atoms with Crippen LogP contribution in [0.4, 0.5) is 5.82 Å². The Labute approximate surface area is 161 Å². The fourth-order valence-electron chi connectivity index (χ4n) is 2.88. The normalized spacial score (nSPS) is 10.9. The monoisotopic (exact) mass is 386 g/mol. The van der Waals surface area contributed by atoms with E-state index in [4.69, 9.17) is 4.52 Å². The molecule has 2 aromatic heterocycles. The summed E-state index contributed by atoms with van der Waals surface area (Å²) in [5.41, 5.74) is 3.53. The molecule has 0 aliphatic rings. The van der Waals surface area contributed by atoms with Gasteiger partial charge in [0, 0.05) is 29.7 Å². The molecule has 27 heavy (non-hydrogen) atoms. The number of nitrogens with one attached hydrogen (secondary N) is 3. The van der Waals surface area contributed by atoms with Crippen molar-refractivity contribution in [3.8, 4) is 0 Å². The number of nitrogens with zero attached hydrogens (tertiary/aromatic N) is 1. The number of aryl methyl sites for hydroxylation is 2. The van der Waals surface area contributed by atoms with Gasteiger partial charge in [0.15, 0.2) is 5.82 Å². The molecule has 0 atom stereocenters. The molecule has 3 rings (SSSR count). The van der Waals surface area contributed by atoms with Crippen LogP contribution in [0.5, 0.6) is 0 Å². The Bertz CT molecular complexity index is 947. The first-order valence-corrected chi connectivity index (χ1v) is 9.81. The van der Waals surface area contributed by atoms with Gasteiger partial charge in [-0.15, -0.1) is 11.8 Å². The predicted octanol–water partition coefficient (Wildman–Crippen LogP) is 2.80. The molecule has 3 N–H and O–H groups in total. The van der Waals surface area contributed by atoms with Crippen LogP contribution in [-0.4, -0.2) is 40.0 Å². The number of H-pyrrole nitrogens is 1. The Balaban J connectivity index is 1.36. The molecule has 142 valence electrons. The predicted molar refractivity (Wildman–Crippen MR) is 107 cm³/mol. The van der Waals surface area contributed by atoms with Gasteiger partial charge in [-0.1, -0.05) is 17.3 Å². The van der Waals surface area contributed by atoms with Crippen LogP contribution in [0.1, 0.15) is 16.9 Å². The van der Waals surface area contributed by atoms with Gasteiger partial charge in [-0.25, -0.2) is 0 Å². The van der Waals surface area contributed by atoms with Crippen molar-refractivity contribution < 1.29 is 14.1 Å². The molecular formula is C19H22N4O3S. The number of hydrogen-bond donors (Lipinski definition) is 3. The Morgan fingerprint density at radius 2 is 2.04 bits per heavy atom. The highest BCUT2D eigenvalue weighted by molar-refractivity contribution is 8.00. The second kappa shape index (κ2) is 8.77. The number of carbonyl (C=O) groups excluding carboxylic acids is 2. The molecule has 0 saturated heterocycles. The maximum atomic E-state index is 11.9. The summed E-state index contributed by atoms with van der Waals surface area (Å²) in [7, 11) is 0. The van der Waals surface area contributed by atoms with E-state index in [1.165, 1.54) is 28.3 Å². The van der Waals surface area contributed by atoms with E-state index in [-0.39, 0.29) is 23.3 Å². The van der Waals surface area contributed by atoms with Crippen molar-refractivity contribution in [3.05, 3.63) is 47.3 Å². The molecule has 0 aliphatic heterocycles. The molecule has 8 heteroatoms. The minimum atomic E-state index is -0.213. The fourth-order valence-corrected chi connectivity index (χ4v) is 3.52. The van der Waals surface area contributed by atoms with Gasteiger partial charge in [-0.05, 0) is 37.5 Å². The van der Waals surface area contributed by atoms with E-state index in [9.17, 15) is 9.59 Å². The van der Waals surface area contributed by atoms with Gasteiger partial charge >= 0.3 is 0 Å². The molecule has 0 saturated carbocycles. The molecule has 7 nitrogen and oxygen atoms in total. The molecule has 0 unspecified atom stereocenters. The van der Waals surface area contributed by atoms with Crippen molar-refractivity contribution in [1.82, 2.24) is 15.5 Å². The first-order valence-electron chi connectivity index (χ1n) is 8.66. The fraction of sp³-hybridized carbons (Fsp3) is 0.316. The van der Waals surface area contributed by atoms with Crippen LogP contribution in [0, 0.1) is 13.8 Å². The topological polar surface area (TPSA) is 100 Å². The van der Waals surface area contributed by atoms with E-state index in [0.717, 1.165) is 11.9 Å². The number of carbonyl (C=O) groups is 2. The van der Waals surface area contributed by atoms with E-state index in [0.29, 0.717) is 18.1 Å². The maximum absolute atomic E-state index is 11.9. The van der Waals surface area contributed by atoms with Crippen molar-refractivity contribution in [2.75, 3.05) is 23.4 Å². The lowest BCUT2D eigenvalue weighted by atomic mass is 10.1. The third kappa shape index (κ3) is 5.13. The molecule has 0 bridgehead atoms. The number of aromatic nitrogens is 2. The Hall–Kier alpha value is -2.74. The smallest absolute Gasteiger partial charge is 0.235 e. The van der Waals surface area contributed by atoms with Crippen molar-refractivity contribution in [1.29, 1.82) is 0 Å². The lowest BCUT2D eigenvalue weighted by Crippen LogP contribution is -2.28. The number of aromatic amines is 1. The zero-order valence-electron chi connectivity index (χ0n) is 15.3. The zero-order valence-corrected chi connectivity index (χ0v) is 16.1. The van der Waals surface area contributed by atoms with E-state index >= 15 is 0 Å². The number of amides is 2. The lowest BCUT2D eigenvalue weighted by molar-refractivity contribution is -0.118. The Morgan fingerprint density at radius 1 is 1.22 bits per heavy atom. The highest BCUT2D eigenvalue weighted by atomic mass is 32.2. The molecule has 2 amide bonds. The van der Waals surface area contributed by atoms with E-state index < -0.39 is 0 Å². The number of rotatable bonds is 8. The van der Waals surface area contributed by atoms with E-state index in [1.807, 2.05) is 18.3 Å². The number of benzene rings is 1. The summed E-state index contributed by atoms with van der Waals surface area (Å²) in [6, 6.07) is 7.80. The van der Waals surface area contributed by atoms with Gasteiger partial charge in [0.2, 0.25) is 11.8 Å².